The van der Waals surface area contributed by atoms with Gasteiger partial charge in [-0.15, -0.1) is 11.3 Å². The lowest BCUT2D eigenvalue weighted by Crippen LogP contribution is -2.30. The summed E-state index contributed by atoms with van der Waals surface area (Å²) in [6.07, 6.45) is 0. The molecule has 3 nitrogen and oxygen atoms in total. The minimum Gasteiger partial charge on any atom is -0.241 e. The van der Waals surface area contributed by atoms with E-state index in [4.69, 9.17) is 4.98 Å². The molecule has 0 amide bonds. The zero-order valence-electron chi connectivity index (χ0n) is 20.6. The maximum absolute atomic E-state index is 4.96. The van der Waals surface area contributed by atoms with Crippen LogP contribution in [0.25, 0.3) is 38.3 Å². The van der Waals surface area contributed by atoms with E-state index in [0.717, 1.165) is 5.52 Å². The van der Waals surface area contributed by atoms with E-state index >= 15 is 0 Å². The molecule has 0 saturated heterocycles. The van der Waals surface area contributed by atoms with Crippen molar-refractivity contribution in [3.05, 3.63) is 76.8 Å². The number of fused-ring (bicyclic) bond motifs is 2. The molecule has 5 aromatic rings. The third-order valence-corrected chi connectivity index (χ3v) is 7.89. The van der Waals surface area contributed by atoms with Gasteiger partial charge < -0.3 is 0 Å². The van der Waals surface area contributed by atoms with Crippen molar-refractivity contribution in [2.75, 3.05) is 0 Å². The minimum absolute atomic E-state index is 0.128. The number of nitrogens with zero attached hydrogens (tertiary/aromatic N) is 3. The van der Waals surface area contributed by atoms with Gasteiger partial charge in [-0.3, -0.25) is 0 Å². The van der Waals surface area contributed by atoms with Gasteiger partial charge in [0.15, 0.2) is 11.0 Å². The zero-order chi connectivity index (χ0) is 23.5. The molecule has 0 bridgehead atoms. The summed E-state index contributed by atoms with van der Waals surface area (Å²) in [4.78, 5) is 4.96. The minimum atomic E-state index is 0.128. The van der Waals surface area contributed by atoms with E-state index in [0.29, 0.717) is 5.92 Å². The normalized spacial score (nSPS) is 12.4. The van der Waals surface area contributed by atoms with E-state index in [2.05, 4.69) is 118 Å². The monoisotopic (exact) mass is 454 g/mol. The Labute approximate surface area is 200 Å². The van der Waals surface area contributed by atoms with Crippen LogP contribution in [0.1, 0.15) is 56.7 Å². The van der Waals surface area contributed by atoms with Crippen LogP contribution < -0.4 is 4.57 Å². The number of hydrogen-bond donors (Lipinski definition) is 0. The van der Waals surface area contributed by atoms with Gasteiger partial charge in [0, 0.05) is 5.92 Å². The molecule has 5 rings (SSSR count). The number of benzene rings is 3. The van der Waals surface area contributed by atoms with Crippen LogP contribution in [0.5, 0.6) is 0 Å². The predicted octanol–water partition coefficient (Wildman–Crippen LogP) is 7.46. The summed E-state index contributed by atoms with van der Waals surface area (Å²) >= 11 is 1.83. The largest absolute Gasteiger partial charge is 0.296 e. The van der Waals surface area contributed by atoms with Crippen molar-refractivity contribution in [2.24, 2.45) is 7.05 Å². The van der Waals surface area contributed by atoms with Crippen LogP contribution in [0.3, 0.4) is 0 Å². The fourth-order valence-corrected chi connectivity index (χ4v) is 5.76. The van der Waals surface area contributed by atoms with Crippen molar-refractivity contribution in [1.82, 2.24) is 9.55 Å². The van der Waals surface area contributed by atoms with Crippen molar-refractivity contribution >= 4 is 32.6 Å². The number of para-hydroxylation sites is 2. The molecular formula is C29H32N3S+. The van der Waals surface area contributed by atoms with E-state index in [1.54, 1.807) is 0 Å². The molecule has 4 heteroatoms. The van der Waals surface area contributed by atoms with Gasteiger partial charge in [0.25, 0.3) is 5.82 Å². The van der Waals surface area contributed by atoms with Crippen LogP contribution in [-0.2, 0) is 12.5 Å². The van der Waals surface area contributed by atoms with E-state index in [-0.39, 0.29) is 5.41 Å². The van der Waals surface area contributed by atoms with Crippen LogP contribution in [0.15, 0.2) is 60.7 Å². The summed E-state index contributed by atoms with van der Waals surface area (Å²) in [6.45, 7) is 13.4. The first-order chi connectivity index (χ1) is 15.7. The van der Waals surface area contributed by atoms with Gasteiger partial charge in [0.2, 0.25) is 0 Å². The molecule has 0 spiro atoms. The van der Waals surface area contributed by atoms with Crippen molar-refractivity contribution < 1.29 is 4.57 Å². The molecule has 0 saturated carbocycles. The van der Waals surface area contributed by atoms with Gasteiger partial charge >= 0.3 is 0 Å². The molecule has 2 heterocycles. The number of aromatic nitrogens is 3. The van der Waals surface area contributed by atoms with E-state index in [1.165, 1.54) is 48.9 Å². The third kappa shape index (κ3) is 3.57. The van der Waals surface area contributed by atoms with Gasteiger partial charge in [-0.2, -0.15) is 4.57 Å². The second kappa shape index (κ2) is 7.81. The highest BCUT2D eigenvalue weighted by atomic mass is 32.1. The number of imidazole rings is 1. The maximum atomic E-state index is 4.96. The fraction of sp³-hybridized carbons (Fsp3) is 0.310. The van der Waals surface area contributed by atoms with Gasteiger partial charge in [-0.25, -0.2) is 9.55 Å². The molecule has 0 aliphatic heterocycles. The Morgan fingerprint density at radius 3 is 2.30 bits per heavy atom. The highest BCUT2D eigenvalue weighted by Crippen LogP contribution is 2.39. The predicted molar refractivity (Wildman–Crippen MR) is 141 cm³/mol. The molecule has 0 radical (unpaired) electrons. The van der Waals surface area contributed by atoms with Crippen molar-refractivity contribution in [1.29, 1.82) is 0 Å². The molecule has 0 aliphatic carbocycles. The fourth-order valence-electron chi connectivity index (χ4n) is 4.60. The highest BCUT2D eigenvalue weighted by molar-refractivity contribution is 7.19. The van der Waals surface area contributed by atoms with Crippen LogP contribution in [0, 0.1) is 6.92 Å². The van der Waals surface area contributed by atoms with Crippen LogP contribution >= 0.6 is 11.3 Å². The summed E-state index contributed by atoms with van der Waals surface area (Å²) in [5, 5.41) is 1.19. The van der Waals surface area contributed by atoms with E-state index in [9.17, 15) is 0 Å². The smallest absolute Gasteiger partial charge is 0.241 e. The van der Waals surface area contributed by atoms with Gasteiger partial charge in [0.1, 0.15) is 5.69 Å². The summed E-state index contributed by atoms with van der Waals surface area (Å²) in [5.74, 6) is 1.61. The molecular weight excluding hydrogens is 422 g/mol. The average Bonchev–Trinajstić information content (AvgIpc) is 3.33. The highest BCUT2D eigenvalue weighted by Gasteiger charge is 2.29. The van der Waals surface area contributed by atoms with E-state index in [1.807, 2.05) is 11.3 Å². The Morgan fingerprint density at radius 2 is 1.64 bits per heavy atom. The Hall–Kier alpha value is -2.98. The molecule has 33 heavy (non-hydrogen) atoms. The zero-order valence-corrected chi connectivity index (χ0v) is 21.4. The van der Waals surface area contributed by atoms with Gasteiger partial charge in [-0.1, -0.05) is 65.0 Å². The molecule has 0 aliphatic rings. The number of rotatable bonds is 3. The summed E-state index contributed by atoms with van der Waals surface area (Å²) < 4.78 is 6.02. The Bertz CT molecular complexity index is 1480. The van der Waals surface area contributed by atoms with Crippen molar-refractivity contribution in [2.45, 2.75) is 52.9 Å². The van der Waals surface area contributed by atoms with E-state index < -0.39 is 0 Å². The lowest BCUT2D eigenvalue weighted by Gasteiger charge is -2.18. The first-order valence-corrected chi connectivity index (χ1v) is 12.5. The molecule has 0 unspecified atom stereocenters. The standard InChI is InChI=1S/C29H32N3S/c1-18(2)27-30-22-17-12-19(3)25(26(22)33-27)28-31(7)23-10-8-9-11-24(23)32(28)21-15-13-20(14-16-21)29(4,5)6/h8-18H,1-7H3/q+1. The molecule has 0 atom stereocenters. The SMILES string of the molecule is Cc1ccc2nc(C(C)C)sc2c1-c1n(-c2ccc(C(C)(C)C)cc2)c2ccccc2[n+]1C. The summed E-state index contributed by atoms with van der Waals surface area (Å²) in [5.41, 5.74) is 8.71. The van der Waals surface area contributed by atoms with Gasteiger partial charge in [-0.05, 0) is 53.8 Å². The first kappa shape index (κ1) is 21.8. The lowest BCUT2D eigenvalue weighted by molar-refractivity contribution is -0.633. The van der Waals surface area contributed by atoms with Crippen molar-refractivity contribution in [3.63, 3.8) is 0 Å². The molecule has 2 aromatic heterocycles. The lowest BCUT2D eigenvalue weighted by atomic mass is 9.87. The van der Waals surface area contributed by atoms with Crippen LogP contribution in [0.4, 0.5) is 0 Å². The quantitative estimate of drug-likeness (QED) is 0.259. The second-order valence-corrected chi connectivity index (χ2v) is 11.3. The summed E-state index contributed by atoms with van der Waals surface area (Å²) in [7, 11) is 2.18. The van der Waals surface area contributed by atoms with Crippen LogP contribution in [0.2, 0.25) is 0 Å². The Kier molecular flexibility index (Phi) is 5.17. The number of thiazole rings is 1. The second-order valence-electron chi connectivity index (χ2n) is 10.3. The summed E-state index contributed by atoms with van der Waals surface area (Å²) in [6, 6.07) is 22.1. The molecule has 0 N–H and O–H groups in total. The molecule has 168 valence electrons. The average molecular weight is 455 g/mol. The Morgan fingerprint density at radius 1 is 0.939 bits per heavy atom. The van der Waals surface area contributed by atoms with Crippen molar-refractivity contribution in [3.8, 4) is 17.1 Å². The molecule has 0 fully saturated rings. The van der Waals surface area contributed by atoms with Crippen LogP contribution in [-0.4, -0.2) is 9.55 Å². The number of hydrogen-bond acceptors (Lipinski definition) is 2. The third-order valence-electron chi connectivity index (χ3n) is 6.51. The number of aryl methyl sites for hydroxylation is 2. The topological polar surface area (TPSA) is 21.7 Å². The molecule has 3 aromatic carbocycles. The Balaban J connectivity index is 1.86. The first-order valence-electron chi connectivity index (χ1n) is 11.7. The maximum Gasteiger partial charge on any atom is 0.296 e. The van der Waals surface area contributed by atoms with Gasteiger partial charge in [0.05, 0.1) is 27.8 Å².